The summed E-state index contributed by atoms with van der Waals surface area (Å²) in [5.74, 6) is 0.281. The standard InChI is InChI=1S/C29H23BrFIN2O2S/c30-20-14-19(27(24(32)15-20)36-17-18-10-12-21(31)13-11-18)16-33-29-26(23-8-4-5-9-25(23)37-29)28(35)34-22-6-2-1-3-7-22/h1-3,6-7,10-16H,4-5,8-9,17H2,(H,34,35). The largest absolute Gasteiger partial charge is 0.487 e. The highest BCUT2D eigenvalue weighted by molar-refractivity contribution is 14.1. The van der Waals surface area contributed by atoms with Gasteiger partial charge in [-0.1, -0.05) is 46.3 Å². The van der Waals surface area contributed by atoms with E-state index in [1.54, 1.807) is 29.7 Å². The Balaban J connectivity index is 1.46. The zero-order chi connectivity index (χ0) is 25.8. The Labute approximate surface area is 241 Å². The van der Waals surface area contributed by atoms with E-state index in [1.165, 1.54) is 17.0 Å². The number of thiophene rings is 1. The van der Waals surface area contributed by atoms with Gasteiger partial charge in [-0.05, 0) is 95.8 Å². The number of para-hydroxylation sites is 1. The molecule has 4 aromatic rings. The lowest BCUT2D eigenvalue weighted by atomic mass is 9.95. The first kappa shape index (κ1) is 26.1. The molecule has 1 aliphatic carbocycles. The third kappa shape index (κ3) is 6.30. The molecule has 0 radical (unpaired) electrons. The van der Waals surface area contributed by atoms with E-state index in [4.69, 9.17) is 9.73 Å². The fourth-order valence-corrected chi connectivity index (χ4v) is 7.22. The number of halogens is 3. The number of amides is 1. The molecule has 0 aliphatic heterocycles. The number of hydrogen-bond donors (Lipinski definition) is 1. The second-order valence-corrected chi connectivity index (χ2v) is 11.9. The lowest BCUT2D eigenvalue weighted by Crippen LogP contribution is -2.14. The van der Waals surface area contributed by atoms with Crippen LogP contribution in [0.25, 0.3) is 0 Å². The molecule has 0 atom stereocenters. The van der Waals surface area contributed by atoms with E-state index in [2.05, 4.69) is 43.8 Å². The Morgan fingerprint density at radius 1 is 1.11 bits per heavy atom. The van der Waals surface area contributed by atoms with Crippen molar-refractivity contribution in [3.8, 4) is 5.75 Å². The van der Waals surface area contributed by atoms with Gasteiger partial charge in [0, 0.05) is 26.8 Å². The Hall–Kier alpha value is -2.56. The molecule has 37 heavy (non-hydrogen) atoms. The second kappa shape index (κ2) is 11.9. The van der Waals surface area contributed by atoms with E-state index < -0.39 is 0 Å². The molecule has 4 nitrogen and oxygen atoms in total. The number of aliphatic imine (C=N–C) groups is 1. The number of rotatable bonds is 7. The molecule has 0 saturated carbocycles. The quantitative estimate of drug-likeness (QED) is 0.156. The Bertz CT molecular complexity index is 1460. The molecule has 1 heterocycles. The second-order valence-electron chi connectivity index (χ2n) is 8.69. The normalized spacial score (nSPS) is 12.9. The summed E-state index contributed by atoms with van der Waals surface area (Å²) in [6.45, 7) is 0.302. The Morgan fingerprint density at radius 2 is 1.86 bits per heavy atom. The summed E-state index contributed by atoms with van der Waals surface area (Å²) in [6, 6.07) is 19.7. The highest BCUT2D eigenvalue weighted by Crippen LogP contribution is 2.40. The summed E-state index contributed by atoms with van der Waals surface area (Å²) >= 11 is 7.41. The minimum atomic E-state index is -0.277. The first-order valence-corrected chi connectivity index (χ1v) is 14.6. The van der Waals surface area contributed by atoms with Crippen molar-refractivity contribution in [2.24, 2.45) is 4.99 Å². The van der Waals surface area contributed by atoms with Gasteiger partial charge in [0.05, 0.1) is 9.13 Å². The number of nitrogens with zero attached hydrogens (tertiary/aromatic N) is 1. The van der Waals surface area contributed by atoms with Gasteiger partial charge >= 0.3 is 0 Å². The van der Waals surface area contributed by atoms with Gasteiger partial charge in [-0.15, -0.1) is 11.3 Å². The zero-order valence-electron chi connectivity index (χ0n) is 19.8. The lowest BCUT2D eigenvalue weighted by molar-refractivity contribution is 0.102. The van der Waals surface area contributed by atoms with Gasteiger partial charge < -0.3 is 10.1 Å². The zero-order valence-corrected chi connectivity index (χ0v) is 24.3. The van der Waals surface area contributed by atoms with Crippen molar-refractivity contribution in [1.29, 1.82) is 0 Å². The molecule has 3 aromatic carbocycles. The maximum Gasteiger partial charge on any atom is 0.259 e. The average Bonchev–Trinajstić information content (AvgIpc) is 3.27. The topological polar surface area (TPSA) is 50.7 Å². The van der Waals surface area contributed by atoms with Crippen molar-refractivity contribution in [3.05, 3.63) is 108 Å². The van der Waals surface area contributed by atoms with Gasteiger partial charge in [0.25, 0.3) is 5.91 Å². The Morgan fingerprint density at radius 3 is 2.65 bits per heavy atom. The molecule has 0 fully saturated rings. The number of ether oxygens (including phenoxy) is 1. The fourth-order valence-electron chi connectivity index (χ4n) is 4.28. The summed E-state index contributed by atoms with van der Waals surface area (Å²) in [5, 5.41) is 3.75. The first-order valence-electron chi connectivity index (χ1n) is 11.9. The number of carbonyl (C=O) groups excluding carboxylic acids is 1. The summed E-state index contributed by atoms with van der Waals surface area (Å²) in [6.07, 6.45) is 5.83. The molecular weight excluding hydrogens is 666 g/mol. The van der Waals surface area contributed by atoms with Crippen molar-refractivity contribution in [2.45, 2.75) is 32.3 Å². The molecule has 1 aliphatic rings. The summed E-state index contributed by atoms with van der Waals surface area (Å²) in [5.41, 5.74) is 4.21. The smallest absolute Gasteiger partial charge is 0.259 e. The molecule has 0 unspecified atom stereocenters. The third-order valence-electron chi connectivity index (χ3n) is 6.07. The number of aryl methyl sites for hydroxylation is 1. The van der Waals surface area contributed by atoms with Crippen molar-refractivity contribution in [2.75, 3.05) is 5.32 Å². The monoisotopic (exact) mass is 688 g/mol. The van der Waals surface area contributed by atoms with Crippen LogP contribution in [0.2, 0.25) is 0 Å². The van der Waals surface area contributed by atoms with Gasteiger partial charge in [-0.2, -0.15) is 0 Å². The number of anilines is 1. The Kier molecular flexibility index (Phi) is 8.36. The van der Waals surface area contributed by atoms with E-state index in [0.29, 0.717) is 22.9 Å². The predicted molar refractivity (Wildman–Crippen MR) is 160 cm³/mol. The molecule has 0 saturated heterocycles. The van der Waals surface area contributed by atoms with Crippen LogP contribution in [0.4, 0.5) is 15.1 Å². The van der Waals surface area contributed by atoms with Crippen LogP contribution >= 0.6 is 49.9 Å². The van der Waals surface area contributed by atoms with Crippen molar-refractivity contribution >= 4 is 72.7 Å². The number of nitrogens with one attached hydrogen (secondary N) is 1. The molecular formula is C29H23BrFIN2O2S. The van der Waals surface area contributed by atoms with E-state index in [0.717, 1.165) is 56.1 Å². The van der Waals surface area contributed by atoms with Crippen LogP contribution in [0.3, 0.4) is 0 Å². The summed E-state index contributed by atoms with van der Waals surface area (Å²) < 4.78 is 21.3. The summed E-state index contributed by atoms with van der Waals surface area (Å²) in [4.78, 5) is 19.5. The van der Waals surface area contributed by atoms with Crippen LogP contribution in [0.15, 0.2) is 76.2 Å². The molecule has 1 amide bonds. The van der Waals surface area contributed by atoms with Gasteiger partial charge in [-0.3, -0.25) is 4.79 Å². The third-order valence-corrected chi connectivity index (χ3v) is 8.52. The number of carbonyl (C=O) groups is 1. The van der Waals surface area contributed by atoms with Crippen molar-refractivity contribution < 1.29 is 13.9 Å². The predicted octanol–water partition coefficient (Wildman–Crippen LogP) is 8.72. The minimum Gasteiger partial charge on any atom is -0.487 e. The van der Waals surface area contributed by atoms with Gasteiger partial charge in [0.15, 0.2) is 0 Å². The number of fused-ring (bicyclic) bond motifs is 1. The van der Waals surface area contributed by atoms with Gasteiger partial charge in [-0.25, -0.2) is 9.38 Å². The van der Waals surface area contributed by atoms with E-state index in [9.17, 15) is 9.18 Å². The molecule has 1 aromatic heterocycles. The molecule has 8 heteroatoms. The van der Waals surface area contributed by atoms with Crippen LogP contribution < -0.4 is 10.1 Å². The SMILES string of the molecule is O=C(Nc1ccccc1)c1c(N=Cc2cc(Br)cc(I)c2OCc2ccc(F)cc2)sc2c1CCCC2. The van der Waals surface area contributed by atoms with Crippen LogP contribution in [0, 0.1) is 9.39 Å². The van der Waals surface area contributed by atoms with Crippen molar-refractivity contribution in [1.82, 2.24) is 0 Å². The van der Waals surface area contributed by atoms with Gasteiger partial charge in [0.1, 0.15) is 23.2 Å². The van der Waals surface area contributed by atoms with Gasteiger partial charge in [0.2, 0.25) is 0 Å². The summed E-state index contributed by atoms with van der Waals surface area (Å²) in [7, 11) is 0. The van der Waals surface area contributed by atoms with Crippen LogP contribution in [-0.2, 0) is 19.4 Å². The number of hydrogen-bond acceptors (Lipinski definition) is 4. The highest BCUT2D eigenvalue weighted by Gasteiger charge is 2.25. The average molecular weight is 689 g/mol. The van der Waals surface area contributed by atoms with Crippen LogP contribution in [0.1, 0.15) is 44.8 Å². The maximum absolute atomic E-state index is 13.4. The maximum atomic E-state index is 13.4. The van der Waals surface area contributed by atoms with E-state index >= 15 is 0 Å². The van der Waals surface area contributed by atoms with Crippen LogP contribution in [0.5, 0.6) is 5.75 Å². The fraction of sp³-hybridized carbons (Fsp3) is 0.172. The number of benzene rings is 3. The minimum absolute atomic E-state index is 0.130. The van der Waals surface area contributed by atoms with E-state index in [1.807, 2.05) is 42.5 Å². The molecule has 5 rings (SSSR count). The molecule has 188 valence electrons. The first-order chi connectivity index (χ1) is 18.0. The highest BCUT2D eigenvalue weighted by atomic mass is 127. The molecule has 1 N–H and O–H groups in total. The molecule has 0 bridgehead atoms. The van der Waals surface area contributed by atoms with Crippen molar-refractivity contribution in [3.63, 3.8) is 0 Å². The van der Waals surface area contributed by atoms with Crippen LogP contribution in [-0.4, -0.2) is 12.1 Å². The molecule has 0 spiro atoms. The van der Waals surface area contributed by atoms with E-state index in [-0.39, 0.29) is 11.7 Å². The lowest BCUT2D eigenvalue weighted by Gasteiger charge is -2.13.